The lowest BCUT2D eigenvalue weighted by atomic mass is 10.3. The molecular formula is C11H19N3O3S. The molecule has 102 valence electrons. The smallest absolute Gasteiger partial charge is 0.290 e. The highest BCUT2D eigenvalue weighted by atomic mass is 32.2. The van der Waals surface area contributed by atoms with Crippen LogP contribution in [0, 0.1) is 0 Å². The molecule has 1 rings (SSSR count). The number of amides is 1. The molecule has 18 heavy (non-hydrogen) atoms. The molecule has 0 saturated heterocycles. The Balaban J connectivity index is 0.000000873. The Morgan fingerprint density at radius 1 is 1.72 bits per heavy atom. The van der Waals surface area contributed by atoms with Crippen molar-refractivity contribution in [3.8, 4) is 0 Å². The summed E-state index contributed by atoms with van der Waals surface area (Å²) in [7, 11) is 1.95. The quantitative estimate of drug-likeness (QED) is 0.765. The van der Waals surface area contributed by atoms with Crippen LogP contribution in [-0.2, 0) is 23.1 Å². The van der Waals surface area contributed by atoms with E-state index in [1.807, 2.05) is 31.0 Å². The van der Waals surface area contributed by atoms with Gasteiger partial charge in [0.25, 0.3) is 6.47 Å². The fraction of sp³-hybridized carbons (Fsp3) is 0.545. The normalized spacial score (nSPS) is 11.1. The number of aromatic nitrogens is 2. The number of hydrogen-bond donors (Lipinski definition) is 2. The van der Waals surface area contributed by atoms with E-state index in [1.165, 1.54) is 0 Å². The van der Waals surface area contributed by atoms with Crippen LogP contribution in [0.3, 0.4) is 0 Å². The predicted molar refractivity (Wildman–Crippen MR) is 71.6 cm³/mol. The lowest BCUT2D eigenvalue weighted by Crippen LogP contribution is -2.32. The summed E-state index contributed by atoms with van der Waals surface area (Å²) in [5.41, 5.74) is 0. The number of aryl methyl sites for hydroxylation is 1. The van der Waals surface area contributed by atoms with Gasteiger partial charge >= 0.3 is 0 Å². The second-order valence-corrected chi connectivity index (χ2v) is 4.66. The maximum absolute atomic E-state index is 11.4. The molecule has 0 aliphatic rings. The monoisotopic (exact) mass is 273 g/mol. The third-order valence-electron chi connectivity index (χ3n) is 2.29. The van der Waals surface area contributed by atoms with Crippen LogP contribution in [-0.4, -0.2) is 45.1 Å². The Morgan fingerprint density at radius 2 is 2.33 bits per heavy atom. The first kappa shape index (κ1) is 16.5. The largest absolute Gasteiger partial charge is 0.483 e. The zero-order valence-electron chi connectivity index (χ0n) is 10.8. The van der Waals surface area contributed by atoms with Gasteiger partial charge in [-0.1, -0.05) is 0 Å². The van der Waals surface area contributed by atoms with Crippen molar-refractivity contribution in [2.75, 3.05) is 12.8 Å². The van der Waals surface area contributed by atoms with Gasteiger partial charge in [0.1, 0.15) is 5.82 Å². The topological polar surface area (TPSA) is 84.2 Å². The first-order chi connectivity index (χ1) is 8.56. The van der Waals surface area contributed by atoms with Crippen molar-refractivity contribution in [2.45, 2.75) is 18.6 Å². The average Bonchev–Trinajstić information content (AvgIpc) is 2.75. The minimum absolute atomic E-state index is 0.0198. The molecule has 6 nitrogen and oxygen atoms in total. The van der Waals surface area contributed by atoms with Crippen molar-refractivity contribution in [3.63, 3.8) is 0 Å². The number of hydrogen-bond acceptors (Lipinski definition) is 4. The van der Waals surface area contributed by atoms with Crippen molar-refractivity contribution in [3.05, 3.63) is 18.2 Å². The summed E-state index contributed by atoms with van der Waals surface area (Å²) in [5, 5.41) is 9.79. The van der Waals surface area contributed by atoms with Crippen LogP contribution < -0.4 is 5.32 Å². The van der Waals surface area contributed by atoms with Gasteiger partial charge in [0.15, 0.2) is 0 Å². The van der Waals surface area contributed by atoms with Crippen LogP contribution >= 0.6 is 11.8 Å². The van der Waals surface area contributed by atoms with E-state index in [1.54, 1.807) is 18.0 Å². The maximum Gasteiger partial charge on any atom is 0.290 e. The zero-order valence-corrected chi connectivity index (χ0v) is 11.6. The maximum atomic E-state index is 11.4. The van der Waals surface area contributed by atoms with Crippen LogP contribution in [0.15, 0.2) is 12.4 Å². The molecule has 0 spiro atoms. The van der Waals surface area contributed by atoms with Crippen molar-refractivity contribution in [2.24, 2.45) is 7.05 Å². The van der Waals surface area contributed by atoms with E-state index in [0.29, 0.717) is 6.54 Å². The fourth-order valence-electron chi connectivity index (χ4n) is 1.19. The molecule has 1 aromatic rings. The van der Waals surface area contributed by atoms with E-state index < -0.39 is 0 Å². The molecule has 0 aliphatic carbocycles. The minimum atomic E-state index is -0.250. The van der Waals surface area contributed by atoms with Gasteiger partial charge in [0.05, 0.1) is 5.25 Å². The first-order valence-corrected chi connectivity index (χ1v) is 6.70. The van der Waals surface area contributed by atoms with E-state index in [9.17, 15) is 4.79 Å². The van der Waals surface area contributed by atoms with Crippen LogP contribution in [0.4, 0.5) is 0 Å². The fourth-order valence-corrected chi connectivity index (χ4v) is 1.48. The summed E-state index contributed by atoms with van der Waals surface area (Å²) < 4.78 is 1.96. The lowest BCUT2D eigenvalue weighted by molar-refractivity contribution is -0.123. The highest BCUT2D eigenvalue weighted by molar-refractivity contribution is 7.99. The Labute approximate surface area is 111 Å². The second-order valence-electron chi connectivity index (χ2n) is 3.48. The molecule has 1 atom stereocenters. The third kappa shape index (κ3) is 6.29. The number of carbonyl (C=O) groups is 2. The highest BCUT2D eigenvalue weighted by Crippen LogP contribution is 2.04. The Morgan fingerprint density at radius 3 is 2.78 bits per heavy atom. The molecule has 0 bridgehead atoms. The number of imidazole rings is 1. The summed E-state index contributed by atoms with van der Waals surface area (Å²) >= 11 is 1.55. The summed E-state index contributed by atoms with van der Waals surface area (Å²) in [6, 6.07) is 0. The molecule has 0 aromatic carbocycles. The van der Waals surface area contributed by atoms with Gasteiger partial charge in [-0.3, -0.25) is 9.59 Å². The molecule has 2 N–H and O–H groups in total. The van der Waals surface area contributed by atoms with Gasteiger partial charge < -0.3 is 15.0 Å². The molecule has 0 saturated carbocycles. The molecule has 0 aliphatic heterocycles. The summed E-state index contributed by atoms with van der Waals surface area (Å²) in [6.45, 7) is 2.30. The van der Waals surface area contributed by atoms with E-state index in [4.69, 9.17) is 9.90 Å². The molecule has 7 heteroatoms. The molecule has 1 heterocycles. The standard InChI is InChI=1S/C10H17N3OS.CH2O2/c1-8(15-3)10(14)12-5-4-9-11-6-7-13(9)2;2-1-3/h6-8H,4-5H2,1-3H3,(H,12,14);1H,(H,2,3). The third-order valence-corrected chi connectivity index (χ3v) is 3.21. The highest BCUT2D eigenvalue weighted by Gasteiger charge is 2.10. The molecule has 1 unspecified atom stereocenters. The Hall–Kier alpha value is -1.50. The van der Waals surface area contributed by atoms with Crippen molar-refractivity contribution >= 4 is 24.1 Å². The first-order valence-electron chi connectivity index (χ1n) is 5.41. The van der Waals surface area contributed by atoms with Crippen LogP contribution in [0.1, 0.15) is 12.7 Å². The van der Waals surface area contributed by atoms with Gasteiger partial charge in [0, 0.05) is 32.4 Å². The SMILES string of the molecule is CSC(C)C(=O)NCCc1nccn1C.O=CO. The average molecular weight is 273 g/mol. The number of nitrogens with zero attached hydrogens (tertiary/aromatic N) is 2. The van der Waals surface area contributed by atoms with Gasteiger partial charge in [-0.15, -0.1) is 0 Å². The van der Waals surface area contributed by atoms with Gasteiger partial charge in [-0.2, -0.15) is 11.8 Å². The molecule has 1 amide bonds. The molecule has 0 radical (unpaired) electrons. The van der Waals surface area contributed by atoms with Crippen molar-refractivity contribution in [1.82, 2.24) is 14.9 Å². The summed E-state index contributed by atoms with van der Waals surface area (Å²) in [6.07, 6.45) is 6.38. The molecule has 0 fully saturated rings. The Kier molecular flexibility index (Phi) is 8.73. The van der Waals surface area contributed by atoms with E-state index >= 15 is 0 Å². The predicted octanol–water partition coefficient (Wildman–Crippen LogP) is 0.531. The zero-order chi connectivity index (χ0) is 14.0. The van der Waals surface area contributed by atoms with E-state index in [-0.39, 0.29) is 17.6 Å². The van der Waals surface area contributed by atoms with Gasteiger partial charge in [-0.25, -0.2) is 4.98 Å². The lowest BCUT2D eigenvalue weighted by Gasteiger charge is -2.09. The summed E-state index contributed by atoms with van der Waals surface area (Å²) in [4.78, 5) is 24.0. The van der Waals surface area contributed by atoms with E-state index in [2.05, 4.69) is 10.3 Å². The molecular weight excluding hydrogens is 254 g/mol. The van der Waals surface area contributed by atoms with Crippen LogP contribution in [0.5, 0.6) is 0 Å². The molecule has 1 aromatic heterocycles. The summed E-state index contributed by atoms with van der Waals surface area (Å²) in [5.74, 6) is 1.09. The Bertz CT molecular complexity index is 368. The number of carbonyl (C=O) groups excluding carboxylic acids is 1. The minimum Gasteiger partial charge on any atom is -0.483 e. The van der Waals surface area contributed by atoms with Crippen molar-refractivity contribution < 1.29 is 14.7 Å². The number of carboxylic acid groups (broad SMARTS) is 1. The van der Waals surface area contributed by atoms with Gasteiger partial charge in [0.2, 0.25) is 5.91 Å². The second kappa shape index (κ2) is 9.52. The number of thioether (sulfide) groups is 1. The van der Waals surface area contributed by atoms with Gasteiger partial charge in [-0.05, 0) is 13.2 Å². The number of nitrogens with one attached hydrogen (secondary N) is 1. The van der Waals surface area contributed by atoms with Crippen LogP contribution in [0.25, 0.3) is 0 Å². The number of rotatable bonds is 5. The van der Waals surface area contributed by atoms with E-state index in [0.717, 1.165) is 12.2 Å². The van der Waals surface area contributed by atoms with Crippen molar-refractivity contribution in [1.29, 1.82) is 0 Å². The van der Waals surface area contributed by atoms with Crippen LogP contribution in [0.2, 0.25) is 0 Å².